The van der Waals surface area contributed by atoms with Crippen LogP contribution in [-0.4, -0.2) is 30.1 Å². The summed E-state index contributed by atoms with van der Waals surface area (Å²) in [5, 5.41) is 14.3. The molecule has 1 unspecified atom stereocenters. The average molecular weight is 236 g/mol. The van der Waals surface area contributed by atoms with E-state index in [2.05, 4.69) is 10.6 Å². The smallest absolute Gasteiger partial charge is 0.330 e. The fourth-order valence-corrected chi connectivity index (χ4v) is 1.33. The highest BCUT2D eigenvalue weighted by Crippen LogP contribution is 2.12. The van der Waals surface area contributed by atoms with E-state index in [1.165, 1.54) is 0 Å². The summed E-state index contributed by atoms with van der Waals surface area (Å²) in [4.78, 5) is 22.7. The van der Waals surface area contributed by atoms with Gasteiger partial charge in [0.05, 0.1) is 6.04 Å². The van der Waals surface area contributed by atoms with Gasteiger partial charge in [0, 0.05) is 0 Å². The summed E-state index contributed by atoms with van der Waals surface area (Å²) in [6.07, 6.45) is 0. The van der Waals surface area contributed by atoms with Crippen LogP contribution in [0, 0.1) is 0 Å². The summed E-state index contributed by atoms with van der Waals surface area (Å²) in [7, 11) is 1.64. The molecule has 92 valence electrons. The number of carboxylic acids is 1. The van der Waals surface area contributed by atoms with Crippen molar-refractivity contribution in [3.8, 4) is 0 Å². The van der Waals surface area contributed by atoms with Crippen LogP contribution in [-0.2, 0) is 9.59 Å². The van der Waals surface area contributed by atoms with Crippen LogP contribution in [0.15, 0.2) is 30.3 Å². The van der Waals surface area contributed by atoms with Gasteiger partial charge in [0.25, 0.3) is 0 Å². The maximum atomic E-state index is 11.6. The molecule has 0 heterocycles. The molecule has 0 aromatic heterocycles. The van der Waals surface area contributed by atoms with Crippen molar-refractivity contribution in [3.05, 3.63) is 35.9 Å². The van der Waals surface area contributed by atoms with Gasteiger partial charge in [-0.3, -0.25) is 4.79 Å². The van der Waals surface area contributed by atoms with Crippen LogP contribution < -0.4 is 10.6 Å². The molecule has 0 aliphatic rings. The molecule has 1 aromatic rings. The molecule has 5 heteroatoms. The molecule has 0 saturated heterocycles. The van der Waals surface area contributed by atoms with Gasteiger partial charge in [-0.05, 0) is 19.5 Å². The van der Waals surface area contributed by atoms with Crippen molar-refractivity contribution in [2.45, 2.75) is 19.0 Å². The molecular weight excluding hydrogens is 220 g/mol. The van der Waals surface area contributed by atoms with Gasteiger partial charge in [0.2, 0.25) is 5.91 Å². The van der Waals surface area contributed by atoms with E-state index in [1.807, 2.05) is 0 Å². The van der Waals surface area contributed by atoms with Crippen molar-refractivity contribution >= 4 is 11.9 Å². The Kier molecular flexibility index (Phi) is 4.66. The number of benzene rings is 1. The zero-order chi connectivity index (χ0) is 12.8. The van der Waals surface area contributed by atoms with Crippen molar-refractivity contribution in [1.82, 2.24) is 10.6 Å². The second-order valence-electron chi connectivity index (χ2n) is 3.70. The quantitative estimate of drug-likeness (QED) is 0.697. The monoisotopic (exact) mass is 236 g/mol. The van der Waals surface area contributed by atoms with Crippen molar-refractivity contribution in [3.63, 3.8) is 0 Å². The Morgan fingerprint density at radius 1 is 1.24 bits per heavy atom. The number of rotatable bonds is 5. The van der Waals surface area contributed by atoms with Gasteiger partial charge in [-0.25, -0.2) is 4.79 Å². The van der Waals surface area contributed by atoms with Crippen LogP contribution >= 0.6 is 0 Å². The topological polar surface area (TPSA) is 78.4 Å². The Morgan fingerprint density at radius 2 is 1.82 bits per heavy atom. The van der Waals surface area contributed by atoms with Crippen LogP contribution in [0.25, 0.3) is 0 Å². The van der Waals surface area contributed by atoms with E-state index < -0.39 is 18.1 Å². The zero-order valence-corrected chi connectivity index (χ0v) is 9.81. The predicted octanol–water partition coefficient (Wildman–Crippen LogP) is 0.536. The van der Waals surface area contributed by atoms with Gasteiger partial charge in [-0.2, -0.15) is 0 Å². The van der Waals surface area contributed by atoms with Crippen molar-refractivity contribution < 1.29 is 14.7 Å². The van der Waals surface area contributed by atoms with E-state index in [9.17, 15) is 9.59 Å². The Bertz CT molecular complexity index is 392. The fourth-order valence-electron chi connectivity index (χ4n) is 1.33. The first kappa shape index (κ1) is 13.2. The molecule has 0 fully saturated rings. The molecule has 0 bridgehead atoms. The lowest BCUT2D eigenvalue weighted by molar-refractivity contribution is -0.142. The molecule has 1 rings (SSSR count). The lowest BCUT2D eigenvalue weighted by atomic mass is 10.1. The maximum Gasteiger partial charge on any atom is 0.330 e. The number of amides is 1. The van der Waals surface area contributed by atoms with Crippen molar-refractivity contribution in [2.75, 3.05) is 7.05 Å². The molecule has 2 atom stereocenters. The molecule has 0 aliphatic heterocycles. The van der Waals surface area contributed by atoms with Gasteiger partial charge >= 0.3 is 5.97 Å². The summed E-state index contributed by atoms with van der Waals surface area (Å²) in [6, 6.07) is 7.16. The van der Waals surface area contributed by atoms with Crippen molar-refractivity contribution in [2.24, 2.45) is 0 Å². The largest absolute Gasteiger partial charge is 0.479 e. The number of carbonyl (C=O) groups excluding carboxylic acids is 1. The minimum absolute atomic E-state index is 0.344. The third-order valence-electron chi connectivity index (χ3n) is 2.49. The summed E-state index contributed by atoms with van der Waals surface area (Å²) in [5.41, 5.74) is 0.552. The number of aliphatic carboxylic acids is 1. The number of carboxylic acid groups (broad SMARTS) is 1. The third-order valence-corrected chi connectivity index (χ3v) is 2.49. The zero-order valence-electron chi connectivity index (χ0n) is 9.81. The first-order chi connectivity index (χ1) is 8.06. The summed E-state index contributed by atoms with van der Waals surface area (Å²) < 4.78 is 0. The van der Waals surface area contributed by atoms with E-state index >= 15 is 0 Å². The number of carbonyl (C=O) groups is 2. The summed E-state index contributed by atoms with van der Waals surface area (Å²) in [6.45, 7) is 1.67. The van der Waals surface area contributed by atoms with Gasteiger partial charge in [0.15, 0.2) is 6.04 Å². The van der Waals surface area contributed by atoms with Crippen molar-refractivity contribution in [1.29, 1.82) is 0 Å². The summed E-state index contributed by atoms with van der Waals surface area (Å²) in [5.74, 6) is -1.42. The average Bonchev–Trinajstić information content (AvgIpc) is 2.35. The number of hydrogen-bond donors (Lipinski definition) is 3. The first-order valence-corrected chi connectivity index (χ1v) is 5.31. The molecule has 1 amide bonds. The Morgan fingerprint density at radius 3 is 2.29 bits per heavy atom. The molecule has 0 spiro atoms. The molecule has 17 heavy (non-hydrogen) atoms. The predicted molar refractivity (Wildman–Crippen MR) is 63.5 cm³/mol. The molecule has 0 radical (unpaired) electrons. The van der Waals surface area contributed by atoms with E-state index in [1.54, 1.807) is 44.3 Å². The van der Waals surface area contributed by atoms with Crippen LogP contribution in [0.2, 0.25) is 0 Å². The minimum atomic E-state index is -1.08. The normalized spacial score (nSPS) is 13.8. The molecule has 0 saturated carbocycles. The van der Waals surface area contributed by atoms with Gasteiger partial charge in [0.1, 0.15) is 0 Å². The van der Waals surface area contributed by atoms with E-state index in [0.29, 0.717) is 5.56 Å². The van der Waals surface area contributed by atoms with Crippen LogP contribution in [0.1, 0.15) is 18.5 Å². The third kappa shape index (κ3) is 3.57. The number of nitrogens with one attached hydrogen (secondary N) is 2. The van der Waals surface area contributed by atoms with E-state index in [-0.39, 0.29) is 5.91 Å². The van der Waals surface area contributed by atoms with Gasteiger partial charge in [-0.15, -0.1) is 0 Å². The molecule has 3 N–H and O–H groups in total. The minimum Gasteiger partial charge on any atom is -0.479 e. The van der Waals surface area contributed by atoms with E-state index in [4.69, 9.17) is 5.11 Å². The van der Waals surface area contributed by atoms with Gasteiger partial charge in [-0.1, -0.05) is 30.3 Å². The fraction of sp³-hybridized carbons (Fsp3) is 0.333. The van der Waals surface area contributed by atoms with Crippen LogP contribution in [0.4, 0.5) is 0 Å². The standard InChI is InChI=1S/C12H16N2O3/c1-8(13-2)11(15)14-10(12(16)17)9-6-4-3-5-7-9/h3-8,10,13H,1-2H3,(H,14,15)(H,16,17)/t8?,10-/m0/s1. The second kappa shape index (κ2) is 6.00. The number of hydrogen-bond acceptors (Lipinski definition) is 3. The first-order valence-electron chi connectivity index (χ1n) is 5.31. The second-order valence-corrected chi connectivity index (χ2v) is 3.70. The SMILES string of the molecule is CNC(C)C(=O)N[C@H](C(=O)O)c1ccccc1. The maximum absolute atomic E-state index is 11.6. The summed E-state index contributed by atoms with van der Waals surface area (Å²) >= 11 is 0. The molecule has 1 aromatic carbocycles. The highest BCUT2D eigenvalue weighted by molar-refractivity contribution is 5.87. The highest BCUT2D eigenvalue weighted by atomic mass is 16.4. The van der Waals surface area contributed by atoms with Crippen LogP contribution in [0.5, 0.6) is 0 Å². The Labute approximate surface area is 99.8 Å². The van der Waals surface area contributed by atoms with E-state index in [0.717, 1.165) is 0 Å². The Balaban J connectivity index is 2.82. The molecular formula is C12H16N2O3. The lowest BCUT2D eigenvalue weighted by Crippen LogP contribution is -2.44. The lowest BCUT2D eigenvalue weighted by Gasteiger charge is -2.17. The highest BCUT2D eigenvalue weighted by Gasteiger charge is 2.23. The number of likely N-dealkylation sites (N-methyl/N-ethyl adjacent to an activating group) is 1. The molecule has 5 nitrogen and oxygen atoms in total. The molecule has 0 aliphatic carbocycles. The van der Waals surface area contributed by atoms with Crippen LogP contribution in [0.3, 0.4) is 0 Å². The van der Waals surface area contributed by atoms with Gasteiger partial charge < -0.3 is 15.7 Å². The Hall–Kier alpha value is -1.88.